The van der Waals surface area contributed by atoms with Crippen LogP contribution < -0.4 is 9.47 Å². The molecule has 2 rings (SSSR count). The van der Waals surface area contributed by atoms with Crippen molar-refractivity contribution >= 4 is 17.3 Å². The van der Waals surface area contributed by atoms with Gasteiger partial charge in [0.1, 0.15) is 21.4 Å². The zero-order valence-electron chi connectivity index (χ0n) is 10.8. The van der Waals surface area contributed by atoms with E-state index >= 15 is 0 Å². The molecule has 2 aromatic rings. The minimum absolute atomic E-state index is 0.247. The molecule has 0 unspecified atom stereocenters. The average Bonchev–Trinajstić information content (AvgIpc) is 2.80. The van der Waals surface area contributed by atoms with E-state index in [1.54, 1.807) is 39.3 Å². The van der Waals surface area contributed by atoms with Gasteiger partial charge >= 0.3 is 5.97 Å². The Morgan fingerprint density at radius 3 is 2.21 bits per heavy atom. The summed E-state index contributed by atoms with van der Waals surface area (Å²) in [5.41, 5.74) is 1.28. The fourth-order valence-electron chi connectivity index (χ4n) is 1.65. The topological polar surface area (TPSA) is 68.7 Å². The van der Waals surface area contributed by atoms with Crippen molar-refractivity contribution in [1.29, 1.82) is 0 Å². The Kier molecular flexibility index (Phi) is 3.71. The lowest BCUT2D eigenvalue weighted by Crippen LogP contribution is -1.94. The second kappa shape index (κ2) is 5.27. The minimum Gasteiger partial charge on any atom is -0.497 e. The Labute approximate surface area is 114 Å². The third-order valence-electron chi connectivity index (χ3n) is 2.59. The average molecular weight is 279 g/mol. The molecule has 0 radical (unpaired) electrons. The summed E-state index contributed by atoms with van der Waals surface area (Å²) in [7, 11) is 3.13. The predicted octanol–water partition coefficient (Wildman–Crippen LogP) is 2.83. The van der Waals surface area contributed by atoms with E-state index in [0.717, 1.165) is 16.9 Å². The Hall–Kier alpha value is -2.08. The molecule has 0 saturated carbocycles. The molecule has 0 aliphatic rings. The second-order valence-corrected chi connectivity index (χ2v) is 4.84. The largest absolute Gasteiger partial charge is 0.497 e. The number of hydrogen-bond donors (Lipinski definition) is 1. The van der Waals surface area contributed by atoms with E-state index in [9.17, 15) is 4.79 Å². The number of thiazole rings is 1. The summed E-state index contributed by atoms with van der Waals surface area (Å²) in [5.74, 6) is 0.314. The summed E-state index contributed by atoms with van der Waals surface area (Å²) in [6, 6.07) is 5.35. The van der Waals surface area contributed by atoms with Gasteiger partial charge in [-0.2, -0.15) is 0 Å². The van der Waals surface area contributed by atoms with Crippen LogP contribution in [0.3, 0.4) is 0 Å². The smallest absolute Gasteiger partial charge is 0.347 e. The molecule has 1 heterocycles. The van der Waals surface area contributed by atoms with Crippen LogP contribution in [-0.2, 0) is 0 Å². The molecular weight excluding hydrogens is 266 g/mol. The number of carboxylic acids is 1. The number of methoxy groups -OCH3 is 2. The highest BCUT2D eigenvalue weighted by Gasteiger charge is 2.16. The molecule has 100 valence electrons. The standard InChI is InChI=1S/C13H13NO4S/c1-7-11(13(15)16)19-12(14-7)8-4-9(17-2)6-10(5-8)18-3/h4-6H,1-3H3,(H,15,16). The maximum absolute atomic E-state index is 11.0. The SMILES string of the molecule is COc1cc(OC)cc(-c2nc(C)c(C(=O)O)s2)c1. The van der Waals surface area contributed by atoms with E-state index in [-0.39, 0.29) is 4.88 Å². The lowest BCUT2D eigenvalue weighted by molar-refractivity contribution is 0.0701. The molecule has 0 spiro atoms. The quantitative estimate of drug-likeness (QED) is 0.932. The number of aryl methyl sites for hydroxylation is 1. The van der Waals surface area contributed by atoms with Crippen LogP contribution in [0.15, 0.2) is 18.2 Å². The number of nitrogens with zero attached hydrogens (tertiary/aromatic N) is 1. The van der Waals surface area contributed by atoms with Crippen molar-refractivity contribution in [3.05, 3.63) is 28.8 Å². The first kappa shape index (κ1) is 13.4. The van der Waals surface area contributed by atoms with Crippen molar-refractivity contribution in [2.45, 2.75) is 6.92 Å². The van der Waals surface area contributed by atoms with Gasteiger partial charge < -0.3 is 14.6 Å². The first-order valence-corrected chi connectivity index (χ1v) is 6.31. The van der Waals surface area contributed by atoms with Crippen molar-refractivity contribution in [2.24, 2.45) is 0 Å². The number of hydrogen-bond acceptors (Lipinski definition) is 5. The maximum Gasteiger partial charge on any atom is 0.347 e. The number of rotatable bonds is 4. The van der Waals surface area contributed by atoms with Crippen molar-refractivity contribution < 1.29 is 19.4 Å². The van der Waals surface area contributed by atoms with Crippen LogP contribution in [0.2, 0.25) is 0 Å². The van der Waals surface area contributed by atoms with Crippen LogP contribution in [0.5, 0.6) is 11.5 Å². The number of aromatic nitrogens is 1. The number of aromatic carboxylic acids is 1. The van der Waals surface area contributed by atoms with E-state index < -0.39 is 5.97 Å². The number of carbonyl (C=O) groups is 1. The van der Waals surface area contributed by atoms with Crippen LogP contribution in [0.1, 0.15) is 15.4 Å². The van der Waals surface area contributed by atoms with Gasteiger partial charge in [-0.15, -0.1) is 11.3 Å². The van der Waals surface area contributed by atoms with E-state index in [1.165, 1.54) is 0 Å². The van der Waals surface area contributed by atoms with Crippen LogP contribution in [0.4, 0.5) is 0 Å². The third kappa shape index (κ3) is 2.68. The van der Waals surface area contributed by atoms with Gasteiger partial charge in [0.05, 0.1) is 19.9 Å². The number of benzene rings is 1. The Morgan fingerprint density at radius 2 is 1.79 bits per heavy atom. The minimum atomic E-state index is -0.962. The summed E-state index contributed by atoms with van der Waals surface area (Å²) in [5, 5.41) is 9.68. The first-order valence-electron chi connectivity index (χ1n) is 5.49. The van der Waals surface area contributed by atoms with Crippen molar-refractivity contribution in [3.8, 4) is 22.1 Å². The van der Waals surface area contributed by atoms with Gasteiger partial charge in [-0.3, -0.25) is 0 Å². The molecular formula is C13H13NO4S. The summed E-state index contributed by atoms with van der Waals surface area (Å²) in [6.07, 6.45) is 0. The number of carboxylic acid groups (broad SMARTS) is 1. The van der Waals surface area contributed by atoms with Gasteiger partial charge in [0.25, 0.3) is 0 Å². The lowest BCUT2D eigenvalue weighted by atomic mass is 10.2. The molecule has 0 saturated heterocycles. The lowest BCUT2D eigenvalue weighted by Gasteiger charge is -2.06. The number of ether oxygens (including phenoxy) is 2. The highest BCUT2D eigenvalue weighted by molar-refractivity contribution is 7.17. The van der Waals surface area contributed by atoms with Crippen LogP contribution in [-0.4, -0.2) is 30.3 Å². The summed E-state index contributed by atoms with van der Waals surface area (Å²) < 4.78 is 10.4. The molecule has 0 aliphatic carbocycles. The van der Waals surface area contributed by atoms with E-state index in [4.69, 9.17) is 14.6 Å². The normalized spacial score (nSPS) is 10.3. The molecule has 0 bridgehead atoms. The van der Waals surface area contributed by atoms with Crippen molar-refractivity contribution in [1.82, 2.24) is 4.98 Å². The zero-order chi connectivity index (χ0) is 14.0. The maximum atomic E-state index is 11.0. The second-order valence-electron chi connectivity index (χ2n) is 3.84. The summed E-state index contributed by atoms with van der Waals surface area (Å²) in [6.45, 7) is 1.68. The molecule has 0 fully saturated rings. The Morgan fingerprint density at radius 1 is 1.21 bits per heavy atom. The summed E-state index contributed by atoms with van der Waals surface area (Å²) >= 11 is 1.14. The van der Waals surface area contributed by atoms with Gasteiger partial charge in [0.15, 0.2) is 0 Å². The van der Waals surface area contributed by atoms with Gasteiger partial charge in [-0.1, -0.05) is 0 Å². The van der Waals surface area contributed by atoms with Gasteiger partial charge in [-0.25, -0.2) is 9.78 Å². The van der Waals surface area contributed by atoms with Gasteiger partial charge in [0, 0.05) is 11.6 Å². The molecule has 5 nitrogen and oxygen atoms in total. The molecule has 6 heteroatoms. The molecule has 19 heavy (non-hydrogen) atoms. The Bertz CT molecular complexity index is 599. The molecule has 1 N–H and O–H groups in total. The van der Waals surface area contributed by atoms with Crippen molar-refractivity contribution in [3.63, 3.8) is 0 Å². The van der Waals surface area contributed by atoms with Gasteiger partial charge in [0.2, 0.25) is 0 Å². The molecule has 1 aromatic heterocycles. The van der Waals surface area contributed by atoms with E-state index in [0.29, 0.717) is 22.2 Å². The van der Waals surface area contributed by atoms with Crippen molar-refractivity contribution in [2.75, 3.05) is 14.2 Å². The molecule has 1 aromatic carbocycles. The highest BCUT2D eigenvalue weighted by atomic mass is 32.1. The fourth-order valence-corrected chi connectivity index (χ4v) is 2.54. The van der Waals surface area contributed by atoms with E-state index in [1.807, 2.05) is 0 Å². The van der Waals surface area contributed by atoms with Crippen LogP contribution in [0.25, 0.3) is 10.6 Å². The molecule has 0 atom stereocenters. The van der Waals surface area contributed by atoms with Crippen LogP contribution in [0, 0.1) is 6.92 Å². The van der Waals surface area contributed by atoms with Crippen LogP contribution >= 0.6 is 11.3 Å². The monoisotopic (exact) mass is 279 g/mol. The molecule has 0 aliphatic heterocycles. The fraction of sp³-hybridized carbons (Fsp3) is 0.231. The summed E-state index contributed by atoms with van der Waals surface area (Å²) in [4.78, 5) is 15.6. The zero-order valence-corrected chi connectivity index (χ0v) is 11.6. The third-order valence-corrected chi connectivity index (χ3v) is 3.78. The highest BCUT2D eigenvalue weighted by Crippen LogP contribution is 2.33. The Balaban J connectivity index is 2.51. The predicted molar refractivity (Wildman–Crippen MR) is 72.4 cm³/mol. The molecule has 0 amide bonds. The first-order chi connectivity index (χ1) is 9.05. The van der Waals surface area contributed by atoms with Gasteiger partial charge in [-0.05, 0) is 19.1 Å². The van der Waals surface area contributed by atoms with E-state index in [2.05, 4.69) is 4.98 Å².